The summed E-state index contributed by atoms with van der Waals surface area (Å²) in [6, 6.07) is 0. The Bertz CT molecular complexity index is 807. The van der Waals surface area contributed by atoms with E-state index >= 15 is 0 Å². The summed E-state index contributed by atoms with van der Waals surface area (Å²) in [6.45, 7) is 3.17. The fourth-order valence-electron chi connectivity index (χ4n) is 7.61. The fraction of sp³-hybridized carbons (Fsp3) is 0.773. The zero-order valence-corrected chi connectivity index (χ0v) is 17.1. The molecule has 0 heterocycles. The molecule has 8 atom stereocenters. The van der Waals surface area contributed by atoms with Crippen LogP contribution >= 0.6 is 0 Å². The van der Waals surface area contributed by atoms with Crippen LogP contribution in [0.5, 0.6) is 0 Å². The molecule has 7 heteroatoms. The SMILES string of the molecule is C[C@]12CC(C(N)=O)C(=O)C=C1CC[C@@H]1[C@@H]2[C@@H](O)C[C@@]2(C)[C@H]1CC[C@]2(O)C(=O)CO. The molecule has 7 nitrogen and oxygen atoms in total. The lowest BCUT2D eigenvalue weighted by Gasteiger charge is -2.60. The third kappa shape index (κ3) is 2.56. The van der Waals surface area contributed by atoms with Gasteiger partial charge < -0.3 is 21.1 Å². The summed E-state index contributed by atoms with van der Waals surface area (Å²) in [5, 5.41) is 31.9. The highest BCUT2D eigenvalue weighted by Gasteiger charge is 2.68. The van der Waals surface area contributed by atoms with Crippen LogP contribution < -0.4 is 5.73 Å². The Labute approximate surface area is 170 Å². The van der Waals surface area contributed by atoms with Gasteiger partial charge in [0.2, 0.25) is 5.91 Å². The molecular weight excluding hydrogens is 374 g/mol. The van der Waals surface area contributed by atoms with Crippen molar-refractivity contribution in [2.24, 2.45) is 40.2 Å². The van der Waals surface area contributed by atoms with Crippen molar-refractivity contribution in [2.45, 2.75) is 64.1 Å². The number of rotatable bonds is 3. The molecule has 4 rings (SSSR count). The van der Waals surface area contributed by atoms with Crippen molar-refractivity contribution in [1.29, 1.82) is 0 Å². The highest BCUT2D eigenvalue weighted by Crippen LogP contribution is 2.67. The zero-order valence-electron chi connectivity index (χ0n) is 17.1. The maximum atomic E-state index is 12.4. The first kappa shape index (κ1) is 20.7. The number of aliphatic hydroxyl groups is 3. The van der Waals surface area contributed by atoms with E-state index in [2.05, 4.69) is 0 Å². The molecule has 1 unspecified atom stereocenters. The predicted octanol–water partition coefficient (Wildman–Crippen LogP) is 0.493. The van der Waals surface area contributed by atoms with E-state index in [1.807, 2.05) is 13.8 Å². The lowest BCUT2D eigenvalue weighted by molar-refractivity contribution is -0.183. The molecule has 4 aliphatic rings. The number of fused-ring (bicyclic) bond motifs is 5. The van der Waals surface area contributed by atoms with Crippen molar-refractivity contribution in [2.75, 3.05) is 6.61 Å². The number of hydrogen-bond acceptors (Lipinski definition) is 6. The van der Waals surface area contributed by atoms with Crippen LogP contribution in [0.1, 0.15) is 52.4 Å². The van der Waals surface area contributed by atoms with Crippen LogP contribution in [-0.4, -0.2) is 51.1 Å². The monoisotopic (exact) mass is 405 g/mol. The highest BCUT2D eigenvalue weighted by atomic mass is 16.3. The van der Waals surface area contributed by atoms with Crippen molar-refractivity contribution in [3.63, 3.8) is 0 Å². The number of allylic oxidation sites excluding steroid dienone is 1. The van der Waals surface area contributed by atoms with Gasteiger partial charge in [-0.2, -0.15) is 0 Å². The first-order chi connectivity index (χ1) is 13.5. The van der Waals surface area contributed by atoms with Crippen LogP contribution in [0.15, 0.2) is 11.6 Å². The topological polar surface area (TPSA) is 138 Å². The van der Waals surface area contributed by atoms with Gasteiger partial charge in [0, 0.05) is 5.41 Å². The van der Waals surface area contributed by atoms with E-state index in [0.29, 0.717) is 19.3 Å². The summed E-state index contributed by atoms with van der Waals surface area (Å²) in [5.41, 5.74) is 3.51. The number of carbonyl (C=O) groups is 3. The van der Waals surface area contributed by atoms with E-state index in [1.54, 1.807) is 6.08 Å². The zero-order chi connectivity index (χ0) is 21.4. The summed E-state index contributed by atoms with van der Waals surface area (Å²) in [5.74, 6) is -2.41. The molecule has 5 N–H and O–H groups in total. The summed E-state index contributed by atoms with van der Waals surface area (Å²) < 4.78 is 0. The number of hydrogen-bond donors (Lipinski definition) is 4. The van der Waals surface area contributed by atoms with E-state index in [1.165, 1.54) is 0 Å². The van der Waals surface area contributed by atoms with Gasteiger partial charge in [-0.25, -0.2) is 0 Å². The third-order valence-electron chi connectivity index (χ3n) is 9.06. The Kier molecular flexibility index (Phi) is 4.61. The molecular formula is C22H31NO6. The quantitative estimate of drug-likeness (QED) is 0.504. The second kappa shape index (κ2) is 6.46. The second-order valence-electron chi connectivity index (χ2n) is 10.2. The smallest absolute Gasteiger partial charge is 0.228 e. The number of nitrogens with two attached hydrogens (primary N) is 1. The Morgan fingerprint density at radius 1 is 1.24 bits per heavy atom. The number of carbonyl (C=O) groups excluding carboxylic acids is 3. The lowest BCUT2D eigenvalue weighted by atomic mass is 9.44. The van der Waals surface area contributed by atoms with Crippen LogP contribution in [0.2, 0.25) is 0 Å². The van der Waals surface area contributed by atoms with Crippen LogP contribution in [-0.2, 0) is 14.4 Å². The second-order valence-corrected chi connectivity index (χ2v) is 10.2. The van der Waals surface area contributed by atoms with Gasteiger partial charge in [-0.3, -0.25) is 14.4 Å². The first-order valence-corrected chi connectivity index (χ1v) is 10.6. The fourth-order valence-corrected chi connectivity index (χ4v) is 7.61. The molecule has 0 bridgehead atoms. The summed E-state index contributed by atoms with van der Waals surface area (Å²) in [6.07, 6.45) is 3.73. The van der Waals surface area contributed by atoms with Gasteiger partial charge in [-0.05, 0) is 67.8 Å². The lowest BCUT2D eigenvalue weighted by Crippen LogP contribution is -2.62. The molecule has 0 aromatic carbocycles. The molecule has 0 saturated heterocycles. The largest absolute Gasteiger partial charge is 0.393 e. The standard InChI is InChI=1S/C22H31NO6/c1-20-8-13(19(23)28)15(25)7-11(20)3-4-12-14-5-6-22(29,17(27)10-24)21(14,2)9-16(26)18(12)20/h7,12-14,16,18,24,26,29H,3-6,8-10H2,1-2H3,(H2,23,28)/t12-,13?,14-,16-,18+,20-,21-,22-/m0/s1. The van der Waals surface area contributed by atoms with E-state index < -0.39 is 46.8 Å². The van der Waals surface area contributed by atoms with E-state index in [9.17, 15) is 29.7 Å². The van der Waals surface area contributed by atoms with Gasteiger partial charge in [0.05, 0.1) is 6.10 Å². The van der Waals surface area contributed by atoms with E-state index in [-0.39, 0.29) is 36.4 Å². The highest BCUT2D eigenvalue weighted by molar-refractivity contribution is 6.07. The maximum Gasteiger partial charge on any atom is 0.228 e. The van der Waals surface area contributed by atoms with Gasteiger partial charge in [0.25, 0.3) is 0 Å². The molecule has 4 aliphatic carbocycles. The maximum absolute atomic E-state index is 12.4. The first-order valence-electron chi connectivity index (χ1n) is 10.6. The molecule has 0 aromatic heterocycles. The van der Waals surface area contributed by atoms with Crippen molar-refractivity contribution in [3.8, 4) is 0 Å². The van der Waals surface area contributed by atoms with Gasteiger partial charge in [0.1, 0.15) is 18.1 Å². The number of amides is 1. The molecule has 160 valence electrons. The van der Waals surface area contributed by atoms with E-state index in [4.69, 9.17) is 5.73 Å². The minimum absolute atomic E-state index is 0.0273. The molecule has 29 heavy (non-hydrogen) atoms. The average molecular weight is 405 g/mol. The molecule has 1 amide bonds. The average Bonchev–Trinajstić information content (AvgIpc) is 2.92. The third-order valence-corrected chi connectivity index (χ3v) is 9.06. The van der Waals surface area contributed by atoms with Gasteiger partial charge >= 0.3 is 0 Å². The van der Waals surface area contributed by atoms with Gasteiger partial charge in [-0.15, -0.1) is 0 Å². The minimum atomic E-state index is -1.63. The van der Waals surface area contributed by atoms with Crippen molar-refractivity contribution in [1.82, 2.24) is 0 Å². The normalized spacial score (nSPS) is 48.9. The number of primary amides is 1. The molecule has 0 aliphatic heterocycles. The summed E-state index contributed by atoms with van der Waals surface area (Å²) in [4.78, 5) is 36.7. The van der Waals surface area contributed by atoms with Crippen molar-refractivity contribution < 1.29 is 29.7 Å². The van der Waals surface area contributed by atoms with E-state index in [0.717, 1.165) is 12.0 Å². The molecule has 0 radical (unpaired) electrons. The molecule has 3 saturated carbocycles. The Morgan fingerprint density at radius 3 is 2.55 bits per heavy atom. The van der Waals surface area contributed by atoms with Crippen molar-refractivity contribution >= 4 is 17.5 Å². The Morgan fingerprint density at radius 2 is 1.93 bits per heavy atom. The van der Waals surface area contributed by atoms with Crippen LogP contribution in [0.25, 0.3) is 0 Å². The van der Waals surface area contributed by atoms with Crippen molar-refractivity contribution in [3.05, 3.63) is 11.6 Å². The van der Waals surface area contributed by atoms with Crippen LogP contribution in [0.3, 0.4) is 0 Å². The number of Topliss-reactive ketones (excluding diaryl/α,β-unsaturated/α-hetero) is 1. The molecule has 0 aromatic rings. The minimum Gasteiger partial charge on any atom is -0.393 e. The Balaban J connectivity index is 1.74. The molecule has 3 fully saturated rings. The van der Waals surface area contributed by atoms with Gasteiger partial charge in [-0.1, -0.05) is 19.4 Å². The van der Waals surface area contributed by atoms with Gasteiger partial charge in [0.15, 0.2) is 11.6 Å². The molecule has 0 spiro atoms. The summed E-state index contributed by atoms with van der Waals surface area (Å²) in [7, 11) is 0. The predicted molar refractivity (Wildman–Crippen MR) is 103 cm³/mol. The van der Waals surface area contributed by atoms with Crippen LogP contribution in [0.4, 0.5) is 0 Å². The summed E-state index contributed by atoms with van der Waals surface area (Å²) >= 11 is 0. The number of ketones is 2. The van der Waals surface area contributed by atoms with Crippen LogP contribution in [0, 0.1) is 34.5 Å². The Hall–Kier alpha value is -1.57. The number of aliphatic hydroxyl groups excluding tert-OH is 2.